The Morgan fingerprint density at radius 3 is 2.74 bits per heavy atom. The van der Waals surface area contributed by atoms with Crippen LogP contribution in [0.4, 0.5) is 0 Å². The summed E-state index contributed by atoms with van der Waals surface area (Å²) in [7, 11) is 0. The molecule has 5 nitrogen and oxygen atoms in total. The summed E-state index contributed by atoms with van der Waals surface area (Å²) in [6.07, 6.45) is 4.83. The molecule has 1 saturated heterocycles. The molecule has 0 aromatic rings. The molecule has 19 heavy (non-hydrogen) atoms. The van der Waals surface area contributed by atoms with E-state index in [4.69, 9.17) is 9.84 Å². The summed E-state index contributed by atoms with van der Waals surface area (Å²) in [6.45, 7) is 5.82. The predicted molar refractivity (Wildman–Crippen MR) is 75.0 cm³/mol. The second-order valence-electron chi connectivity index (χ2n) is 5.03. The van der Waals surface area contributed by atoms with Gasteiger partial charge in [-0.1, -0.05) is 13.3 Å². The SMILES string of the molecule is CCCCN(CCO)C(=O)CCOC1CCNCC1. The highest BCUT2D eigenvalue weighted by Crippen LogP contribution is 2.08. The van der Waals surface area contributed by atoms with E-state index in [-0.39, 0.29) is 12.5 Å². The fourth-order valence-corrected chi connectivity index (χ4v) is 2.26. The molecule has 0 radical (unpaired) electrons. The van der Waals surface area contributed by atoms with Crippen LogP contribution in [0.3, 0.4) is 0 Å². The standard InChI is InChI=1S/C14H28N2O3/c1-2-3-9-16(10-11-17)14(18)6-12-19-13-4-7-15-8-5-13/h13,15,17H,2-12H2,1H3. The Bertz CT molecular complexity index is 243. The van der Waals surface area contributed by atoms with E-state index in [9.17, 15) is 4.79 Å². The summed E-state index contributed by atoms with van der Waals surface area (Å²) in [6, 6.07) is 0. The molecule has 0 bridgehead atoms. The molecular weight excluding hydrogens is 244 g/mol. The van der Waals surface area contributed by atoms with E-state index in [1.54, 1.807) is 4.90 Å². The van der Waals surface area contributed by atoms with Crippen LogP contribution in [0.25, 0.3) is 0 Å². The summed E-state index contributed by atoms with van der Waals surface area (Å²) in [5.41, 5.74) is 0. The van der Waals surface area contributed by atoms with Crippen LogP contribution < -0.4 is 5.32 Å². The van der Waals surface area contributed by atoms with Gasteiger partial charge in [0.1, 0.15) is 0 Å². The molecule has 112 valence electrons. The highest BCUT2D eigenvalue weighted by Gasteiger charge is 2.16. The molecule has 1 aliphatic rings. The molecule has 0 saturated carbocycles. The molecule has 2 N–H and O–H groups in total. The van der Waals surface area contributed by atoms with Crippen LogP contribution >= 0.6 is 0 Å². The molecule has 0 unspecified atom stereocenters. The first kappa shape index (κ1) is 16.4. The zero-order valence-electron chi connectivity index (χ0n) is 12.1. The number of ether oxygens (including phenoxy) is 1. The van der Waals surface area contributed by atoms with Crippen LogP contribution in [0.2, 0.25) is 0 Å². The minimum atomic E-state index is 0.0323. The monoisotopic (exact) mass is 272 g/mol. The van der Waals surface area contributed by atoms with E-state index < -0.39 is 0 Å². The average molecular weight is 272 g/mol. The Balaban J connectivity index is 2.18. The van der Waals surface area contributed by atoms with Crippen molar-refractivity contribution < 1.29 is 14.6 Å². The Labute approximate surface area is 116 Å². The molecule has 0 atom stereocenters. The maximum absolute atomic E-state index is 12.0. The number of hydrogen-bond acceptors (Lipinski definition) is 4. The van der Waals surface area contributed by atoms with E-state index >= 15 is 0 Å². The first-order chi connectivity index (χ1) is 9.27. The van der Waals surface area contributed by atoms with E-state index in [2.05, 4.69) is 12.2 Å². The highest BCUT2D eigenvalue weighted by molar-refractivity contribution is 5.76. The van der Waals surface area contributed by atoms with Crippen LogP contribution in [0.5, 0.6) is 0 Å². The average Bonchev–Trinajstić information content (AvgIpc) is 2.44. The minimum Gasteiger partial charge on any atom is -0.395 e. The fourth-order valence-electron chi connectivity index (χ4n) is 2.26. The number of carbonyl (C=O) groups excluding carboxylic acids is 1. The molecule has 0 aliphatic carbocycles. The largest absolute Gasteiger partial charge is 0.395 e. The Morgan fingerprint density at radius 1 is 1.37 bits per heavy atom. The summed E-state index contributed by atoms with van der Waals surface area (Å²) in [4.78, 5) is 13.7. The summed E-state index contributed by atoms with van der Waals surface area (Å²) < 4.78 is 5.74. The van der Waals surface area contributed by atoms with E-state index in [1.165, 1.54) is 0 Å². The number of amides is 1. The molecule has 1 aliphatic heterocycles. The smallest absolute Gasteiger partial charge is 0.224 e. The van der Waals surface area contributed by atoms with Crippen molar-refractivity contribution in [3.05, 3.63) is 0 Å². The zero-order chi connectivity index (χ0) is 13.9. The molecule has 1 heterocycles. The number of unbranched alkanes of at least 4 members (excludes halogenated alkanes) is 1. The van der Waals surface area contributed by atoms with Crippen molar-refractivity contribution in [3.8, 4) is 0 Å². The number of nitrogens with one attached hydrogen (secondary N) is 1. The molecular formula is C14H28N2O3. The van der Waals surface area contributed by atoms with Crippen LogP contribution in [-0.4, -0.2) is 61.4 Å². The van der Waals surface area contributed by atoms with Gasteiger partial charge in [-0.3, -0.25) is 4.79 Å². The number of aliphatic hydroxyl groups is 1. The minimum absolute atomic E-state index is 0.0323. The van der Waals surface area contributed by atoms with E-state index in [1.807, 2.05) is 0 Å². The first-order valence-electron chi connectivity index (χ1n) is 7.49. The van der Waals surface area contributed by atoms with Crippen molar-refractivity contribution in [1.82, 2.24) is 10.2 Å². The van der Waals surface area contributed by atoms with Crippen LogP contribution in [0, 0.1) is 0 Å². The molecule has 0 aromatic heterocycles. The Morgan fingerprint density at radius 2 is 2.11 bits per heavy atom. The van der Waals surface area contributed by atoms with Gasteiger partial charge in [0, 0.05) is 13.1 Å². The van der Waals surface area contributed by atoms with Crippen LogP contribution in [0.15, 0.2) is 0 Å². The zero-order valence-corrected chi connectivity index (χ0v) is 12.1. The summed E-state index contributed by atoms with van der Waals surface area (Å²) in [5.74, 6) is 0.0939. The number of piperidine rings is 1. The van der Waals surface area contributed by atoms with Crippen molar-refractivity contribution in [1.29, 1.82) is 0 Å². The van der Waals surface area contributed by atoms with Gasteiger partial charge in [0.05, 0.1) is 25.7 Å². The van der Waals surface area contributed by atoms with Crippen molar-refractivity contribution in [3.63, 3.8) is 0 Å². The summed E-state index contributed by atoms with van der Waals surface area (Å²) >= 11 is 0. The third-order valence-electron chi connectivity index (χ3n) is 3.46. The van der Waals surface area contributed by atoms with Crippen LogP contribution in [-0.2, 0) is 9.53 Å². The van der Waals surface area contributed by atoms with Crippen LogP contribution in [0.1, 0.15) is 39.0 Å². The topological polar surface area (TPSA) is 61.8 Å². The lowest BCUT2D eigenvalue weighted by molar-refractivity contribution is -0.133. The van der Waals surface area contributed by atoms with Crippen molar-refractivity contribution in [2.45, 2.75) is 45.1 Å². The quantitative estimate of drug-likeness (QED) is 0.651. The van der Waals surface area contributed by atoms with Crippen molar-refractivity contribution in [2.24, 2.45) is 0 Å². The number of nitrogens with zero attached hydrogens (tertiary/aromatic N) is 1. The third-order valence-corrected chi connectivity index (χ3v) is 3.46. The molecule has 0 spiro atoms. The molecule has 1 rings (SSSR count). The van der Waals surface area contributed by atoms with Crippen molar-refractivity contribution in [2.75, 3.05) is 39.4 Å². The van der Waals surface area contributed by atoms with Gasteiger partial charge in [-0.15, -0.1) is 0 Å². The lowest BCUT2D eigenvalue weighted by Gasteiger charge is -2.24. The van der Waals surface area contributed by atoms with Gasteiger partial charge in [0.25, 0.3) is 0 Å². The third kappa shape index (κ3) is 6.89. The molecule has 5 heteroatoms. The molecule has 1 fully saturated rings. The van der Waals surface area contributed by atoms with E-state index in [0.717, 1.165) is 45.3 Å². The summed E-state index contributed by atoms with van der Waals surface area (Å²) in [5, 5.41) is 12.3. The maximum Gasteiger partial charge on any atom is 0.224 e. The number of aliphatic hydroxyl groups excluding tert-OH is 1. The normalized spacial score (nSPS) is 16.5. The van der Waals surface area contributed by atoms with Gasteiger partial charge in [-0.25, -0.2) is 0 Å². The maximum atomic E-state index is 12.0. The van der Waals surface area contributed by atoms with Gasteiger partial charge >= 0.3 is 0 Å². The number of rotatable bonds is 9. The Kier molecular flexibility index (Phi) is 8.79. The van der Waals surface area contributed by atoms with Gasteiger partial charge in [0.15, 0.2) is 0 Å². The fraction of sp³-hybridized carbons (Fsp3) is 0.929. The Hall–Kier alpha value is -0.650. The number of carbonyl (C=O) groups is 1. The lowest BCUT2D eigenvalue weighted by Crippen LogP contribution is -2.36. The molecule has 0 aromatic carbocycles. The molecule has 1 amide bonds. The van der Waals surface area contributed by atoms with E-state index in [0.29, 0.717) is 25.7 Å². The predicted octanol–water partition coefficient (Wildman–Crippen LogP) is 0.766. The number of hydrogen-bond donors (Lipinski definition) is 2. The van der Waals surface area contributed by atoms with Gasteiger partial charge in [-0.2, -0.15) is 0 Å². The first-order valence-corrected chi connectivity index (χ1v) is 7.49. The lowest BCUT2D eigenvalue weighted by atomic mass is 10.1. The highest BCUT2D eigenvalue weighted by atomic mass is 16.5. The second-order valence-corrected chi connectivity index (χ2v) is 5.03. The van der Waals surface area contributed by atoms with Gasteiger partial charge in [0.2, 0.25) is 5.91 Å². The second kappa shape index (κ2) is 10.2. The van der Waals surface area contributed by atoms with Crippen molar-refractivity contribution >= 4 is 5.91 Å². The van der Waals surface area contributed by atoms with Gasteiger partial charge in [-0.05, 0) is 32.4 Å². The van der Waals surface area contributed by atoms with Gasteiger partial charge < -0.3 is 20.1 Å².